The van der Waals surface area contributed by atoms with E-state index in [1.165, 1.54) is 0 Å². The Balaban J connectivity index is 1.99. The fraction of sp³-hybridized carbons (Fsp3) is 0.588. The van der Waals surface area contributed by atoms with Gasteiger partial charge < -0.3 is 15.4 Å². The Bertz CT molecular complexity index is 467. The number of piperidine rings is 1. The second-order valence-electron chi connectivity index (χ2n) is 6.77. The first kappa shape index (κ1) is 15.8. The van der Waals surface area contributed by atoms with Crippen LogP contribution in [0.5, 0.6) is 0 Å². The third kappa shape index (κ3) is 4.46. The lowest BCUT2D eigenvalue weighted by atomic mass is 9.87. The minimum absolute atomic E-state index is 0.0311. The maximum Gasteiger partial charge on any atom is 0.410 e. The van der Waals surface area contributed by atoms with Crippen LogP contribution in [0.3, 0.4) is 0 Å². The van der Waals surface area contributed by atoms with Gasteiger partial charge in [-0.05, 0) is 45.1 Å². The van der Waals surface area contributed by atoms with Crippen molar-refractivity contribution in [2.75, 3.05) is 13.1 Å². The summed E-state index contributed by atoms with van der Waals surface area (Å²) >= 11 is 0. The molecule has 2 atom stereocenters. The molecule has 0 radical (unpaired) electrons. The number of benzene rings is 1. The monoisotopic (exact) mass is 290 g/mol. The number of carbonyl (C=O) groups excluding carboxylic acids is 1. The van der Waals surface area contributed by atoms with Crippen LogP contribution >= 0.6 is 0 Å². The van der Waals surface area contributed by atoms with Gasteiger partial charge in [-0.3, -0.25) is 0 Å². The SMILES string of the molecule is CC(C)(C)OC(=O)N1CCCC(C(N)c2ccccc2)C1. The van der Waals surface area contributed by atoms with E-state index < -0.39 is 5.60 Å². The Labute approximate surface area is 127 Å². The Morgan fingerprint density at radius 2 is 2.00 bits per heavy atom. The molecule has 1 aliphatic heterocycles. The highest BCUT2D eigenvalue weighted by molar-refractivity contribution is 5.68. The summed E-state index contributed by atoms with van der Waals surface area (Å²) in [6.07, 6.45) is 1.80. The third-order valence-corrected chi connectivity index (χ3v) is 3.80. The molecule has 0 spiro atoms. The van der Waals surface area contributed by atoms with Gasteiger partial charge in [0.25, 0.3) is 0 Å². The fourth-order valence-corrected chi connectivity index (χ4v) is 2.74. The molecule has 2 N–H and O–H groups in total. The van der Waals surface area contributed by atoms with Crippen LogP contribution in [0.4, 0.5) is 4.79 Å². The van der Waals surface area contributed by atoms with E-state index in [1.54, 1.807) is 4.90 Å². The smallest absolute Gasteiger partial charge is 0.410 e. The van der Waals surface area contributed by atoms with Gasteiger partial charge in [0.1, 0.15) is 5.60 Å². The lowest BCUT2D eigenvalue weighted by Gasteiger charge is -2.36. The number of nitrogens with two attached hydrogens (primary N) is 1. The molecule has 21 heavy (non-hydrogen) atoms. The second-order valence-corrected chi connectivity index (χ2v) is 6.77. The topological polar surface area (TPSA) is 55.6 Å². The van der Waals surface area contributed by atoms with E-state index in [0.717, 1.165) is 24.9 Å². The van der Waals surface area contributed by atoms with Crippen molar-refractivity contribution >= 4 is 6.09 Å². The fourth-order valence-electron chi connectivity index (χ4n) is 2.74. The molecular weight excluding hydrogens is 264 g/mol. The van der Waals surface area contributed by atoms with Crippen LogP contribution in [0.2, 0.25) is 0 Å². The minimum atomic E-state index is -0.453. The molecule has 1 aliphatic rings. The third-order valence-electron chi connectivity index (χ3n) is 3.80. The van der Waals surface area contributed by atoms with Crippen LogP contribution in [0, 0.1) is 5.92 Å². The molecule has 116 valence electrons. The van der Waals surface area contributed by atoms with Gasteiger partial charge in [-0.15, -0.1) is 0 Å². The van der Waals surface area contributed by atoms with Gasteiger partial charge in [0.2, 0.25) is 0 Å². The summed E-state index contributed by atoms with van der Waals surface area (Å²) in [5.41, 5.74) is 7.06. The van der Waals surface area contributed by atoms with Crippen molar-refractivity contribution in [2.45, 2.75) is 45.3 Å². The van der Waals surface area contributed by atoms with E-state index in [2.05, 4.69) is 12.1 Å². The Morgan fingerprint density at radius 3 is 2.62 bits per heavy atom. The molecule has 4 nitrogen and oxygen atoms in total. The predicted molar refractivity (Wildman–Crippen MR) is 83.9 cm³/mol. The molecule has 1 saturated heterocycles. The molecule has 4 heteroatoms. The molecule has 1 heterocycles. The lowest BCUT2D eigenvalue weighted by molar-refractivity contribution is 0.0152. The van der Waals surface area contributed by atoms with E-state index in [1.807, 2.05) is 39.0 Å². The standard InChI is InChI=1S/C17H26N2O2/c1-17(2,3)21-16(20)19-11-7-10-14(12-19)15(18)13-8-5-4-6-9-13/h4-6,8-9,14-15H,7,10-12,18H2,1-3H3. The predicted octanol–water partition coefficient (Wildman–Crippen LogP) is 3.33. The molecule has 1 aromatic carbocycles. The molecule has 2 unspecified atom stereocenters. The van der Waals surface area contributed by atoms with Gasteiger partial charge in [0, 0.05) is 19.1 Å². The number of rotatable bonds is 2. The summed E-state index contributed by atoms with van der Waals surface area (Å²) in [5.74, 6) is 0.286. The van der Waals surface area contributed by atoms with Gasteiger partial charge in [0.05, 0.1) is 0 Å². The first-order chi connectivity index (χ1) is 9.87. The Morgan fingerprint density at radius 1 is 1.33 bits per heavy atom. The molecule has 0 saturated carbocycles. The van der Waals surface area contributed by atoms with Gasteiger partial charge in [0.15, 0.2) is 0 Å². The van der Waals surface area contributed by atoms with E-state index in [0.29, 0.717) is 6.54 Å². The molecule has 1 amide bonds. The van der Waals surface area contributed by atoms with E-state index in [-0.39, 0.29) is 18.1 Å². The van der Waals surface area contributed by atoms with Crippen molar-refractivity contribution in [1.29, 1.82) is 0 Å². The summed E-state index contributed by atoms with van der Waals surface area (Å²) in [5, 5.41) is 0. The van der Waals surface area contributed by atoms with Crippen LogP contribution in [-0.2, 0) is 4.74 Å². The van der Waals surface area contributed by atoms with Crippen molar-refractivity contribution < 1.29 is 9.53 Å². The van der Waals surface area contributed by atoms with Crippen LogP contribution in [0.1, 0.15) is 45.2 Å². The molecule has 1 aromatic rings. The first-order valence-corrected chi connectivity index (χ1v) is 7.65. The molecule has 0 bridgehead atoms. The van der Waals surface area contributed by atoms with Gasteiger partial charge in [-0.1, -0.05) is 30.3 Å². The number of hydrogen-bond donors (Lipinski definition) is 1. The normalized spacial score (nSPS) is 21.0. The average Bonchev–Trinajstić information content (AvgIpc) is 2.46. The number of carbonyl (C=O) groups is 1. The zero-order valence-electron chi connectivity index (χ0n) is 13.2. The van der Waals surface area contributed by atoms with Gasteiger partial charge in [-0.2, -0.15) is 0 Å². The maximum absolute atomic E-state index is 12.2. The zero-order chi connectivity index (χ0) is 15.5. The van der Waals surface area contributed by atoms with Crippen molar-refractivity contribution in [3.63, 3.8) is 0 Å². The first-order valence-electron chi connectivity index (χ1n) is 7.65. The van der Waals surface area contributed by atoms with Crippen molar-refractivity contribution in [1.82, 2.24) is 4.90 Å². The summed E-state index contributed by atoms with van der Waals surface area (Å²) in [4.78, 5) is 14.0. The molecule has 1 fully saturated rings. The molecular formula is C17H26N2O2. The molecule has 2 rings (SSSR count). The highest BCUT2D eigenvalue weighted by atomic mass is 16.6. The number of ether oxygens (including phenoxy) is 1. The summed E-state index contributed by atoms with van der Waals surface area (Å²) in [6, 6.07) is 10.1. The minimum Gasteiger partial charge on any atom is -0.444 e. The van der Waals surface area contributed by atoms with Crippen molar-refractivity contribution in [2.24, 2.45) is 11.7 Å². The second kappa shape index (κ2) is 6.48. The quantitative estimate of drug-likeness (QED) is 0.909. The highest BCUT2D eigenvalue weighted by Crippen LogP contribution is 2.28. The largest absolute Gasteiger partial charge is 0.444 e. The summed E-state index contributed by atoms with van der Waals surface area (Å²) < 4.78 is 5.46. The van der Waals surface area contributed by atoms with Gasteiger partial charge >= 0.3 is 6.09 Å². The lowest BCUT2D eigenvalue weighted by Crippen LogP contribution is -2.45. The van der Waals surface area contributed by atoms with Crippen LogP contribution in [0.15, 0.2) is 30.3 Å². The van der Waals surface area contributed by atoms with E-state index in [9.17, 15) is 4.79 Å². The zero-order valence-corrected chi connectivity index (χ0v) is 13.2. The number of amides is 1. The number of likely N-dealkylation sites (tertiary alicyclic amines) is 1. The summed E-state index contributed by atoms with van der Waals surface area (Å²) in [7, 11) is 0. The average molecular weight is 290 g/mol. The van der Waals surface area contributed by atoms with Crippen molar-refractivity contribution in [3.05, 3.63) is 35.9 Å². The summed E-state index contributed by atoms with van der Waals surface area (Å²) in [6.45, 7) is 7.10. The van der Waals surface area contributed by atoms with Crippen LogP contribution in [0.25, 0.3) is 0 Å². The van der Waals surface area contributed by atoms with Crippen LogP contribution < -0.4 is 5.73 Å². The van der Waals surface area contributed by atoms with Crippen molar-refractivity contribution in [3.8, 4) is 0 Å². The number of nitrogens with zero attached hydrogens (tertiary/aromatic N) is 1. The molecule has 0 aliphatic carbocycles. The van der Waals surface area contributed by atoms with Gasteiger partial charge in [-0.25, -0.2) is 4.79 Å². The Kier molecular flexibility index (Phi) is 4.88. The van der Waals surface area contributed by atoms with E-state index in [4.69, 9.17) is 10.5 Å². The number of hydrogen-bond acceptors (Lipinski definition) is 3. The molecule has 0 aromatic heterocycles. The highest BCUT2D eigenvalue weighted by Gasteiger charge is 2.30. The van der Waals surface area contributed by atoms with Crippen LogP contribution in [-0.4, -0.2) is 29.7 Å². The van der Waals surface area contributed by atoms with E-state index >= 15 is 0 Å². The Hall–Kier alpha value is -1.55. The maximum atomic E-state index is 12.2.